The highest BCUT2D eigenvalue weighted by Crippen LogP contribution is 2.48. The Balaban J connectivity index is 2.22. The Morgan fingerprint density at radius 2 is 2.29 bits per heavy atom. The van der Waals surface area contributed by atoms with Crippen LogP contribution in [-0.4, -0.2) is 31.0 Å². The fourth-order valence-corrected chi connectivity index (χ4v) is 3.71. The van der Waals surface area contributed by atoms with Gasteiger partial charge in [0.05, 0.1) is 0 Å². The van der Waals surface area contributed by atoms with Crippen LogP contribution in [0.2, 0.25) is 0 Å². The first-order valence-electron chi connectivity index (χ1n) is 5.14. The number of thiophene rings is 1. The first-order chi connectivity index (χ1) is 8.08. The standard InChI is InChI=1S/C10H9BrN2O3S/c1-4-2-13-5(14)3-16-7-6(13)8(10(15)12-4)17-9(7)11/h4H,2-3H2,1H3,(H,12,15)/t4-/m0/s1. The summed E-state index contributed by atoms with van der Waals surface area (Å²) >= 11 is 4.66. The van der Waals surface area contributed by atoms with Crippen LogP contribution in [0.4, 0.5) is 5.69 Å². The van der Waals surface area contributed by atoms with Gasteiger partial charge in [-0.05, 0) is 22.9 Å². The second-order valence-electron chi connectivity index (χ2n) is 4.05. The van der Waals surface area contributed by atoms with Crippen LogP contribution in [-0.2, 0) is 4.79 Å². The highest BCUT2D eigenvalue weighted by molar-refractivity contribution is 9.11. The predicted octanol–water partition coefficient (Wildman–Crippen LogP) is 1.37. The Labute approximate surface area is 110 Å². The summed E-state index contributed by atoms with van der Waals surface area (Å²) in [6, 6.07) is -0.0595. The predicted molar refractivity (Wildman–Crippen MR) is 66.8 cm³/mol. The summed E-state index contributed by atoms with van der Waals surface area (Å²) < 4.78 is 6.14. The third-order valence-corrected chi connectivity index (χ3v) is 4.54. The van der Waals surface area contributed by atoms with Crippen LogP contribution in [0.3, 0.4) is 0 Å². The average molecular weight is 317 g/mol. The van der Waals surface area contributed by atoms with Crippen LogP contribution in [0.15, 0.2) is 3.79 Å². The maximum atomic E-state index is 12.0. The molecule has 0 spiro atoms. The zero-order valence-corrected chi connectivity index (χ0v) is 11.4. The molecule has 3 rings (SSSR count). The number of rotatable bonds is 0. The molecule has 0 fully saturated rings. The van der Waals surface area contributed by atoms with E-state index in [0.29, 0.717) is 22.9 Å². The molecule has 1 aromatic rings. The van der Waals surface area contributed by atoms with Crippen LogP contribution in [0.5, 0.6) is 5.75 Å². The lowest BCUT2D eigenvalue weighted by atomic mass is 10.2. The van der Waals surface area contributed by atoms with E-state index in [2.05, 4.69) is 21.2 Å². The molecule has 0 saturated heterocycles. The van der Waals surface area contributed by atoms with Gasteiger partial charge in [0.15, 0.2) is 12.4 Å². The van der Waals surface area contributed by atoms with Gasteiger partial charge in [0.1, 0.15) is 14.4 Å². The van der Waals surface area contributed by atoms with Crippen molar-refractivity contribution < 1.29 is 14.3 Å². The van der Waals surface area contributed by atoms with Crippen molar-refractivity contribution in [2.24, 2.45) is 0 Å². The normalized spacial score (nSPS) is 22.7. The number of ether oxygens (including phenoxy) is 1. The lowest BCUT2D eigenvalue weighted by Gasteiger charge is -2.28. The Morgan fingerprint density at radius 3 is 3.06 bits per heavy atom. The summed E-state index contributed by atoms with van der Waals surface area (Å²) in [6.07, 6.45) is 0. The van der Waals surface area contributed by atoms with E-state index in [9.17, 15) is 9.59 Å². The molecule has 3 heterocycles. The number of nitrogens with zero attached hydrogens (tertiary/aromatic N) is 1. The van der Waals surface area contributed by atoms with Crippen molar-refractivity contribution in [3.05, 3.63) is 8.66 Å². The molecule has 7 heteroatoms. The van der Waals surface area contributed by atoms with E-state index in [1.54, 1.807) is 4.90 Å². The molecule has 17 heavy (non-hydrogen) atoms. The number of nitrogens with one attached hydrogen (secondary N) is 1. The summed E-state index contributed by atoms with van der Waals surface area (Å²) in [5.74, 6) is 0.353. The number of carbonyl (C=O) groups excluding carboxylic acids is 2. The van der Waals surface area contributed by atoms with Gasteiger partial charge in [-0.15, -0.1) is 11.3 Å². The smallest absolute Gasteiger partial charge is 0.265 e. The minimum atomic E-state index is -0.148. The van der Waals surface area contributed by atoms with E-state index in [0.717, 1.165) is 3.79 Å². The number of hydrogen-bond acceptors (Lipinski definition) is 4. The minimum Gasteiger partial charge on any atom is -0.479 e. The maximum Gasteiger partial charge on any atom is 0.265 e. The van der Waals surface area contributed by atoms with Gasteiger partial charge < -0.3 is 15.0 Å². The molecule has 0 aromatic carbocycles. The Hall–Kier alpha value is -1.08. The fraction of sp³-hybridized carbons (Fsp3) is 0.400. The van der Waals surface area contributed by atoms with Gasteiger partial charge in [-0.1, -0.05) is 0 Å². The number of anilines is 1. The summed E-state index contributed by atoms with van der Waals surface area (Å²) in [5.41, 5.74) is 0.611. The molecule has 0 radical (unpaired) electrons. The third kappa shape index (κ3) is 1.56. The van der Waals surface area contributed by atoms with E-state index < -0.39 is 0 Å². The average Bonchev–Trinajstić information content (AvgIpc) is 2.54. The zero-order valence-electron chi connectivity index (χ0n) is 8.95. The number of amides is 2. The molecular weight excluding hydrogens is 308 g/mol. The van der Waals surface area contributed by atoms with Gasteiger partial charge in [-0.2, -0.15) is 0 Å². The molecule has 2 amide bonds. The van der Waals surface area contributed by atoms with Crippen LogP contribution < -0.4 is 15.0 Å². The number of hydrogen-bond donors (Lipinski definition) is 1. The first kappa shape index (κ1) is 11.0. The van der Waals surface area contributed by atoms with Crippen molar-refractivity contribution in [1.82, 2.24) is 5.32 Å². The van der Waals surface area contributed by atoms with Gasteiger partial charge >= 0.3 is 0 Å². The summed E-state index contributed by atoms with van der Waals surface area (Å²) in [7, 11) is 0. The van der Waals surface area contributed by atoms with Gasteiger partial charge in [0, 0.05) is 12.6 Å². The molecule has 2 aliphatic heterocycles. The molecule has 1 aromatic heterocycles. The minimum absolute atomic E-state index is 0.0304. The maximum absolute atomic E-state index is 12.0. The second kappa shape index (κ2) is 3.71. The third-order valence-electron chi connectivity index (χ3n) is 2.75. The second-order valence-corrected chi connectivity index (χ2v) is 6.39. The Bertz CT molecular complexity index is 528. The summed E-state index contributed by atoms with van der Waals surface area (Å²) in [6.45, 7) is 2.39. The Kier molecular flexibility index (Phi) is 2.41. The van der Waals surface area contributed by atoms with Crippen LogP contribution in [0.1, 0.15) is 16.6 Å². The molecule has 1 N–H and O–H groups in total. The zero-order chi connectivity index (χ0) is 12.2. The van der Waals surface area contributed by atoms with Crippen LogP contribution in [0.25, 0.3) is 0 Å². The number of carbonyl (C=O) groups is 2. The van der Waals surface area contributed by atoms with E-state index in [1.807, 2.05) is 6.92 Å². The molecule has 0 aliphatic carbocycles. The largest absolute Gasteiger partial charge is 0.479 e. The van der Waals surface area contributed by atoms with Gasteiger partial charge in [-0.25, -0.2) is 0 Å². The van der Waals surface area contributed by atoms with Crippen molar-refractivity contribution in [2.75, 3.05) is 18.1 Å². The molecule has 90 valence electrons. The summed E-state index contributed by atoms with van der Waals surface area (Å²) in [4.78, 5) is 26.0. The first-order valence-corrected chi connectivity index (χ1v) is 6.75. The van der Waals surface area contributed by atoms with Gasteiger partial charge in [-0.3, -0.25) is 9.59 Å². The fourth-order valence-electron chi connectivity index (χ4n) is 2.04. The quantitative estimate of drug-likeness (QED) is 0.786. The molecule has 0 unspecified atom stereocenters. The molecule has 0 saturated carbocycles. The van der Waals surface area contributed by atoms with E-state index >= 15 is 0 Å². The summed E-state index contributed by atoms with van der Waals surface area (Å²) in [5, 5.41) is 2.85. The monoisotopic (exact) mass is 316 g/mol. The van der Waals surface area contributed by atoms with E-state index in [4.69, 9.17) is 4.74 Å². The molecule has 5 nitrogen and oxygen atoms in total. The SMILES string of the molecule is C[C@H]1CN2C(=O)COc3c(Br)sc(c32)C(=O)N1. The highest BCUT2D eigenvalue weighted by Gasteiger charge is 2.37. The lowest BCUT2D eigenvalue weighted by molar-refractivity contribution is -0.121. The van der Waals surface area contributed by atoms with Crippen molar-refractivity contribution in [3.8, 4) is 5.75 Å². The molecule has 2 aliphatic rings. The van der Waals surface area contributed by atoms with Gasteiger partial charge in [0.2, 0.25) is 0 Å². The van der Waals surface area contributed by atoms with Crippen LogP contribution in [0, 0.1) is 0 Å². The Morgan fingerprint density at radius 1 is 1.53 bits per heavy atom. The topological polar surface area (TPSA) is 58.6 Å². The highest BCUT2D eigenvalue weighted by atomic mass is 79.9. The van der Waals surface area contributed by atoms with Crippen molar-refractivity contribution >= 4 is 44.8 Å². The molecular formula is C10H9BrN2O3S. The molecule has 0 bridgehead atoms. The molecule has 1 atom stereocenters. The van der Waals surface area contributed by atoms with Crippen molar-refractivity contribution in [1.29, 1.82) is 0 Å². The number of halogens is 1. The van der Waals surface area contributed by atoms with E-state index in [1.165, 1.54) is 11.3 Å². The van der Waals surface area contributed by atoms with Crippen molar-refractivity contribution in [3.63, 3.8) is 0 Å². The van der Waals surface area contributed by atoms with Gasteiger partial charge in [0.25, 0.3) is 11.8 Å². The van der Waals surface area contributed by atoms with Crippen molar-refractivity contribution in [2.45, 2.75) is 13.0 Å². The van der Waals surface area contributed by atoms with Crippen LogP contribution >= 0.6 is 27.3 Å². The van der Waals surface area contributed by atoms with E-state index in [-0.39, 0.29) is 24.5 Å². The lowest BCUT2D eigenvalue weighted by Crippen LogP contribution is -2.44.